The molecule has 0 aliphatic rings. The minimum absolute atomic E-state index is 0.0646. The fourth-order valence-electron chi connectivity index (χ4n) is 4.98. The molecule has 5 aromatic carbocycles. The summed E-state index contributed by atoms with van der Waals surface area (Å²) in [5.41, 5.74) is 2.42. The zero-order chi connectivity index (χ0) is 35.7. The average Bonchev–Trinajstić information content (AvgIpc) is 3.10. The van der Waals surface area contributed by atoms with Crippen LogP contribution in [0.15, 0.2) is 126 Å². The van der Waals surface area contributed by atoms with E-state index in [-0.39, 0.29) is 35.8 Å². The Morgan fingerprint density at radius 2 is 1.44 bits per heavy atom. The first kappa shape index (κ1) is 36.7. The molecule has 13 heteroatoms. The number of amides is 2. The number of nitrogens with zero attached hydrogens (tertiary/aromatic N) is 1. The molecular formula is C37H31Cl3FN3O5S. The van der Waals surface area contributed by atoms with Gasteiger partial charge in [-0.25, -0.2) is 12.8 Å². The van der Waals surface area contributed by atoms with E-state index in [4.69, 9.17) is 39.5 Å². The molecule has 0 saturated carbocycles. The molecular weight excluding hydrogens is 724 g/mol. The van der Waals surface area contributed by atoms with Crippen LogP contribution < -0.4 is 14.8 Å². The van der Waals surface area contributed by atoms with Gasteiger partial charge in [-0.3, -0.25) is 14.3 Å². The molecule has 0 saturated heterocycles. The number of hydrogen-bond acceptors (Lipinski definition) is 5. The molecule has 258 valence electrons. The van der Waals surface area contributed by atoms with E-state index >= 15 is 0 Å². The molecule has 50 heavy (non-hydrogen) atoms. The van der Waals surface area contributed by atoms with Gasteiger partial charge in [-0.2, -0.15) is 0 Å². The van der Waals surface area contributed by atoms with Crippen LogP contribution >= 0.6 is 34.8 Å². The quantitative estimate of drug-likeness (QED) is 0.120. The van der Waals surface area contributed by atoms with Crippen molar-refractivity contribution >= 4 is 62.3 Å². The summed E-state index contributed by atoms with van der Waals surface area (Å²) < 4.78 is 47.1. The van der Waals surface area contributed by atoms with Crippen molar-refractivity contribution in [3.63, 3.8) is 0 Å². The third kappa shape index (κ3) is 10.2. The highest BCUT2D eigenvalue weighted by Crippen LogP contribution is 2.23. The van der Waals surface area contributed by atoms with Crippen molar-refractivity contribution in [2.45, 2.75) is 30.4 Å². The number of benzene rings is 5. The van der Waals surface area contributed by atoms with Gasteiger partial charge in [-0.1, -0.05) is 83.3 Å². The Labute approximate surface area is 304 Å². The maximum atomic E-state index is 14.0. The van der Waals surface area contributed by atoms with Gasteiger partial charge in [-0.05, 0) is 89.5 Å². The van der Waals surface area contributed by atoms with Gasteiger partial charge in [0, 0.05) is 40.3 Å². The number of nitrogens with one attached hydrogen (secondary N) is 2. The van der Waals surface area contributed by atoms with Crippen LogP contribution in [0, 0.1) is 5.82 Å². The monoisotopic (exact) mass is 753 g/mol. The number of rotatable bonds is 14. The van der Waals surface area contributed by atoms with Crippen molar-refractivity contribution in [2.24, 2.45) is 0 Å². The van der Waals surface area contributed by atoms with E-state index < -0.39 is 40.3 Å². The zero-order valence-corrected chi connectivity index (χ0v) is 29.4. The summed E-state index contributed by atoms with van der Waals surface area (Å²) in [4.78, 5) is 29.3. The zero-order valence-electron chi connectivity index (χ0n) is 26.4. The summed E-state index contributed by atoms with van der Waals surface area (Å²) in [6.45, 7) is -0.280. The summed E-state index contributed by atoms with van der Waals surface area (Å²) in [6, 6.07) is 30.7. The highest BCUT2D eigenvalue weighted by atomic mass is 35.5. The Balaban J connectivity index is 1.36. The molecule has 0 aromatic heterocycles. The Morgan fingerprint density at radius 1 is 0.780 bits per heavy atom. The van der Waals surface area contributed by atoms with Crippen LogP contribution in [0.1, 0.15) is 16.7 Å². The molecule has 0 fully saturated rings. The van der Waals surface area contributed by atoms with Crippen molar-refractivity contribution in [3.8, 4) is 5.75 Å². The number of carbonyl (C=O) groups excluding carboxylic acids is 2. The summed E-state index contributed by atoms with van der Waals surface area (Å²) in [6.07, 6.45) is 0.202. The van der Waals surface area contributed by atoms with Gasteiger partial charge >= 0.3 is 0 Å². The maximum Gasteiger partial charge on any atom is 0.261 e. The van der Waals surface area contributed by atoms with Crippen LogP contribution in [0.2, 0.25) is 15.1 Å². The Bertz CT molecular complexity index is 2030. The van der Waals surface area contributed by atoms with Gasteiger partial charge in [-0.15, -0.1) is 0 Å². The first-order chi connectivity index (χ1) is 24.0. The SMILES string of the molecule is O=C(NCc1ccc(Cl)cc1Cl)[C@H](Cc1ccccc1)N(Cc1ccc(Cl)cc1)C(=O)COc1ccc(S(=O)(=O)Nc2ccc(F)cc2)cc1. The van der Waals surface area contributed by atoms with E-state index in [1.165, 1.54) is 41.3 Å². The van der Waals surface area contributed by atoms with E-state index in [0.717, 1.165) is 23.3 Å². The van der Waals surface area contributed by atoms with Crippen molar-refractivity contribution in [1.29, 1.82) is 0 Å². The van der Waals surface area contributed by atoms with Crippen LogP contribution in [-0.4, -0.2) is 37.8 Å². The van der Waals surface area contributed by atoms with Crippen LogP contribution in [0.3, 0.4) is 0 Å². The van der Waals surface area contributed by atoms with E-state index in [0.29, 0.717) is 20.6 Å². The van der Waals surface area contributed by atoms with Crippen molar-refractivity contribution < 1.29 is 27.1 Å². The van der Waals surface area contributed by atoms with Gasteiger partial charge in [0.2, 0.25) is 5.91 Å². The molecule has 0 spiro atoms. The van der Waals surface area contributed by atoms with Gasteiger partial charge in [0.25, 0.3) is 15.9 Å². The van der Waals surface area contributed by atoms with Gasteiger partial charge in [0.1, 0.15) is 17.6 Å². The van der Waals surface area contributed by atoms with Crippen molar-refractivity contribution in [2.75, 3.05) is 11.3 Å². The number of ether oxygens (including phenoxy) is 1. The number of sulfonamides is 1. The first-order valence-corrected chi connectivity index (χ1v) is 17.9. The molecule has 1 atom stereocenters. The maximum absolute atomic E-state index is 14.0. The Hall–Kier alpha value is -4.61. The van der Waals surface area contributed by atoms with Crippen molar-refractivity contribution in [3.05, 3.63) is 159 Å². The lowest BCUT2D eigenvalue weighted by molar-refractivity contribution is -0.142. The lowest BCUT2D eigenvalue weighted by Gasteiger charge is -2.31. The summed E-state index contributed by atoms with van der Waals surface area (Å²) in [5, 5.41) is 4.30. The Morgan fingerprint density at radius 3 is 2.10 bits per heavy atom. The number of halogens is 4. The molecule has 0 heterocycles. The normalized spacial score (nSPS) is 11.8. The second-order valence-electron chi connectivity index (χ2n) is 11.2. The van der Waals surface area contributed by atoms with Crippen LogP contribution in [0.5, 0.6) is 5.75 Å². The third-order valence-corrected chi connectivity index (χ3v) is 9.83. The molecule has 5 aromatic rings. The Kier molecular flexibility index (Phi) is 12.4. The average molecular weight is 755 g/mol. The molecule has 8 nitrogen and oxygen atoms in total. The molecule has 2 amide bonds. The largest absolute Gasteiger partial charge is 0.484 e. The minimum Gasteiger partial charge on any atom is -0.484 e. The van der Waals surface area contributed by atoms with Gasteiger partial charge < -0.3 is 15.0 Å². The topological polar surface area (TPSA) is 105 Å². The van der Waals surface area contributed by atoms with E-state index in [1.54, 1.807) is 42.5 Å². The molecule has 0 radical (unpaired) electrons. The predicted octanol–water partition coefficient (Wildman–Crippen LogP) is 7.92. The van der Waals surface area contributed by atoms with Crippen LogP contribution in [0.4, 0.5) is 10.1 Å². The molecule has 0 bridgehead atoms. The van der Waals surface area contributed by atoms with Gasteiger partial charge in [0.05, 0.1) is 4.90 Å². The smallest absolute Gasteiger partial charge is 0.261 e. The fraction of sp³-hybridized carbons (Fsp3) is 0.135. The molecule has 0 aliphatic carbocycles. The fourth-order valence-corrected chi connectivity index (χ4v) is 6.64. The highest BCUT2D eigenvalue weighted by molar-refractivity contribution is 7.92. The number of anilines is 1. The standard InChI is InChI=1S/C37H31Cl3FN3O5S/c38-28-9-6-26(7-10-28)23-44(35(20-25-4-2-1-3-5-25)37(46)42-22-27-8-11-29(39)21-34(27)40)36(45)24-49-32-16-18-33(19-17-32)50(47,48)43-31-14-12-30(41)13-15-31/h1-19,21,35,43H,20,22-24H2,(H,42,46)/t35-/m0/s1. The first-order valence-electron chi connectivity index (χ1n) is 15.3. The van der Waals surface area contributed by atoms with E-state index in [2.05, 4.69) is 10.0 Å². The number of hydrogen-bond donors (Lipinski definition) is 2. The van der Waals surface area contributed by atoms with E-state index in [9.17, 15) is 22.4 Å². The highest BCUT2D eigenvalue weighted by Gasteiger charge is 2.31. The van der Waals surface area contributed by atoms with Crippen LogP contribution in [-0.2, 0) is 39.1 Å². The molecule has 0 unspecified atom stereocenters. The van der Waals surface area contributed by atoms with Crippen molar-refractivity contribution in [1.82, 2.24) is 10.2 Å². The van der Waals surface area contributed by atoms with Gasteiger partial charge in [0.15, 0.2) is 6.61 Å². The summed E-state index contributed by atoms with van der Waals surface area (Å²) in [5.74, 6) is -1.17. The third-order valence-electron chi connectivity index (χ3n) is 7.60. The minimum atomic E-state index is -3.98. The molecule has 2 N–H and O–H groups in total. The predicted molar refractivity (Wildman–Crippen MR) is 193 cm³/mol. The molecule has 0 aliphatic heterocycles. The number of carbonyl (C=O) groups is 2. The lowest BCUT2D eigenvalue weighted by Crippen LogP contribution is -2.51. The summed E-state index contributed by atoms with van der Waals surface area (Å²) in [7, 11) is -3.98. The second kappa shape index (κ2) is 16.9. The lowest BCUT2D eigenvalue weighted by atomic mass is 10.0. The van der Waals surface area contributed by atoms with Crippen LogP contribution in [0.25, 0.3) is 0 Å². The van der Waals surface area contributed by atoms with E-state index in [1.807, 2.05) is 30.3 Å². The molecule has 5 rings (SSSR count). The summed E-state index contributed by atoms with van der Waals surface area (Å²) >= 11 is 18.5. The second-order valence-corrected chi connectivity index (χ2v) is 14.1.